The fourth-order valence-corrected chi connectivity index (χ4v) is 3.96. The number of carboxylic acid groups (broad SMARTS) is 1. The highest BCUT2D eigenvalue weighted by atomic mass is 16.6. The highest BCUT2D eigenvalue weighted by molar-refractivity contribution is 5.81. The van der Waals surface area contributed by atoms with Gasteiger partial charge in [-0.3, -0.25) is 4.90 Å². The zero-order chi connectivity index (χ0) is 20.8. The fraction of sp³-hybridized carbons (Fsp3) is 0.333. The molecule has 0 aromatic heterocycles. The topological polar surface area (TPSA) is 66.8 Å². The lowest BCUT2D eigenvalue weighted by Crippen LogP contribution is -2.45. The van der Waals surface area contributed by atoms with Gasteiger partial charge in [-0.05, 0) is 28.7 Å². The second kappa shape index (κ2) is 9.41. The van der Waals surface area contributed by atoms with Crippen molar-refractivity contribution in [3.8, 4) is 11.1 Å². The molecule has 0 saturated heterocycles. The average molecular weight is 393 g/mol. The molecule has 0 saturated carbocycles. The normalized spacial score (nSPS) is 13.3. The highest BCUT2D eigenvalue weighted by Gasteiger charge is 2.32. The van der Waals surface area contributed by atoms with Gasteiger partial charge in [-0.2, -0.15) is 0 Å². The van der Waals surface area contributed by atoms with E-state index in [9.17, 15) is 14.7 Å². The maximum Gasteiger partial charge on any atom is 0.410 e. The Morgan fingerprint density at radius 3 is 2.24 bits per heavy atom. The molecule has 0 bridgehead atoms. The van der Waals surface area contributed by atoms with Crippen molar-refractivity contribution in [3.63, 3.8) is 0 Å². The number of amides is 1. The summed E-state index contributed by atoms with van der Waals surface area (Å²) >= 11 is 0. The largest absolute Gasteiger partial charge is 0.480 e. The Kier molecular flexibility index (Phi) is 6.70. The molecule has 0 unspecified atom stereocenters. The van der Waals surface area contributed by atoms with Crippen LogP contribution >= 0.6 is 0 Å². The number of carbonyl (C=O) groups is 2. The van der Waals surface area contributed by atoms with Crippen LogP contribution in [-0.2, 0) is 9.53 Å². The van der Waals surface area contributed by atoms with E-state index < -0.39 is 18.1 Å². The lowest BCUT2D eigenvalue weighted by atomic mass is 9.98. The Morgan fingerprint density at radius 2 is 1.72 bits per heavy atom. The Hall–Kier alpha value is -3.08. The van der Waals surface area contributed by atoms with E-state index in [0.29, 0.717) is 6.42 Å². The molecule has 1 atom stereocenters. The molecule has 0 heterocycles. The van der Waals surface area contributed by atoms with Crippen LogP contribution in [0.3, 0.4) is 0 Å². The molecule has 0 aliphatic heterocycles. The summed E-state index contributed by atoms with van der Waals surface area (Å²) in [5.74, 6) is -1.08. The van der Waals surface area contributed by atoms with Crippen LogP contribution in [0.4, 0.5) is 4.79 Å². The second-order valence-corrected chi connectivity index (χ2v) is 7.24. The molecule has 152 valence electrons. The summed E-state index contributed by atoms with van der Waals surface area (Å²) in [6.07, 6.45) is 2.89. The van der Waals surface area contributed by atoms with Crippen LogP contribution in [-0.4, -0.2) is 41.3 Å². The van der Waals surface area contributed by atoms with Crippen molar-refractivity contribution in [2.45, 2.75) is 38.1 Å². The first-order valence-electron chi connectivity index (χ1n) is 10.0. The number of carbonyl (C=O) groups excluding carboxylic acids is 1. The van der Waals surface area contributed by atoms with Gasteiger partial charge in [-0.1, -0.05) is 74.4 Å². The number of aliphatic carboxylic acids is 1. The monoisotopic (exact) mass is 393 g/mol. The third-order valence-corrected chi connectivity index (χ3v) is 5.39. The van der Waals surface area contributed by atoms with Gasteiger partial charge in [-0.15, -0.1) is 6.58 Å². The predicted octanol–water partition coefficient (Wildman–Crippen LogP) is 5.07. The second-order valence-electron chi connectivity index (χ2n) is 7.24. The number of hydrogen-bond acceptors (Lipinski definition) is 3. The first-order valence-corrected chi connectivity index (χ1v) is 10.0. The minimum Gasteiger partial charge on any atom is -0.480 e. The van der Waals surface area contributed by atoms with Crippen LogP contribution in [0.15, 0.2) is 61.2 Å². The molecule has 5 nitrogen and oxygen atoms in total. The van der Waals surface area contributed by atoms with Gasteiger partial charge in [0.15, 0.2) is 0 Å². The lowest BCUT2D eigenvalue weighted by Gasteiger charge is -2.28. The maximum absolute atomic E-state index is 12.8. The van der Waals surface area contributed by atoms with E-state index in [0.717, 1.165) is 35.1 Å². The molecule has 1 aliphatic carbocycles. The predicted molar refractivity (Wildman–Crippen MR) is 113 cm³/mol. The van der Waals surface area contributed by atoms with Crippen LogP contribution in [0.5, 0.6) is 0 Å². The van der Waals surface area contributed by atoms with Gasteiger partial charge >= 0.3 is 12.1 Å². The standard InChI is InChI=1S/C24H27NO4/c1-3-5-14-22(23(26)27)25(15-4-2)24(28)29-16-21-19-12-8-6-10-17(19)18-11-7-9-13-20(18)21/h4,6-13,21-22H,2-3,5,14-16H2,1H3,(H,26,27)/t22-/m0/s1. The summed E-state index contributed by atoms with van der Waals surface area (Å²) in [4.78, 5) is 25.8. The number of nitrogens with zero attached hydrogens (tertiary/aromatic N) is 1. The first-order chi connectivity index (χ1) is 14.1. The summed E-state index contributed by atoms with van der Waals surface area (Å²) in [5, 5.41) is 9.60. The van der Waals surface area contributed by atoms with Gasteiger partial charge in [-0.25, -0.2) is 9.59 Å². The van der Waals surface area contributed by atoms with E-state index in [1.54, 1.807) is 0 Å². The number of unbranched alkanes of at least 4 members (excludes halogenated alkanes) is 1. The minimum absolute atomic E-state index is 0.0594. The van der Waals surface area contributed by atoms with Crippen LogP contribution in [0.1, 0.15) is 43.2 Å². The molecule has 2 aromatic carbocycles. The molecule has 0 radical (unpaired) electrons. The number of benzene rings is 2. The van der Waals surface area contributed by atoms with Gasteiger partial charge in [0.1, 0.15) is 12.6 Å². The van der Waals surface area contributed by atoms with Crippen molar-refractivity contribution in [2.24, 2.45) is 0 Å². The van der Waals surface area contributed by atoms with Crippen molar-refractivity contribution in [1.29, 1.82) is 0 Å². The number of ether oxygens (including phenoxy) is 1. The number of carboxylic acids is 1. The molecular formula is C24H27NO4. The van der Waals surface area contributed by atoms with E-state index in [2.05, 4.69) is 30.8 Å². The number of hydrogen-bond donors (Lipinski definition) is 1. The smallest absolute Gasteiger partial charge is 0.410 e. The lowest BCUT2D eigenvalue weighted by molar-refractivity contribution is -0.142. The van der Waals surface area contributed by atoms with E-state index >= 15 is 0 Å². The van der Waals surface area contributed by atoms with E-state index in [4.69, 9.17) is 4.74 Å². The van der Waals surface area contributed by atoms with Crippen LogP contribution in [0.25, 0.3) is 11.1 Å². The van der Waals surface area contributed by atoms with Gasteiger partial charge in [0, 0.05) is 12.5 Å². The zero-order valence-corrected chi connectivity index (χ0v) is 16.7. The minimum atomic E-state index is -1.02. The Balaban J connectivity index is 1.78. The molecule has 29 heavy (non-hydrogen) atoms. The van der Waals surface area contributed by atoms with Crippen molar-refractivity contribution in [1.82, 2.24) is 4.90 Å². The zero-order valence-electron chi connectivity index (χ0n) is 16.7. The molecule has 3 rings (SSSR count). The quantitative estimate of drug-likeness (QED) is 0.604. The summed E-state index contributed by atoms with van der Waals surface area (Å²) in [7, 11) is 0. The highest BCUT2D eigenvalue weighted by Crippen LogP contribution is 2.44. The molecule has 0 spiro atoms. The Morgan fingerprint density at radius 1 is 1.14 bits per heavy atom. The average Bonchev–Trinajstić information content (AvgIpc) is 3.05. The van der Waals surface area contributed by atoms with Crippen molar-refractivity contribution in [2.75, 3.05) is 13.2 Å². The van der Waals surface area contributed by atoms with E-state index in [1.165, 1.54) is 11.0 Å². The van der Waals surface area contributed by atoms with E-state index in [-0.39, 0.29) is 19.1 Å². The van der Waals surface area contributed by atoms with Crippen molar-refractivity contribution >= 4 is 12.1 Å². The first kappa shape index (κ1) is 20.6. The summed E-state index contributed by atoms with van der Waals surface area (Å²) in [6, 6.07) is 15.3. The van der Waals surface area contributed by atoms with Gasteiger partial charge in [0.25, 0.3) is 0 Å². The molecule has 2 aromatic rings. The molecule has 5 heteroatoms. The summed E-state index contributed by atoms with van der Waals surface area (Å²) in [6.45, 7) is 5.95. The number of fused-ring (bicyclic) bond motifs is 3. The van der Waals surface area contributed by atoms with Crippen molar-refractivity contribution < 1.29 is 19.4 Å². The molecule has 0 fully saturated rings. The van der Waals surface area contributed by atoms with Crippen molar-refractivity contribution in [3.05, 3.63) is 72.3 Å². The third kappa shape index (κ3) is 4.34. The maximum atomic E-state index is 12.8. The fourth-order valence-electron chi connectivity index (χ4n) is 3.96. The SMILES string of the molecule is C=CCN(C(=O)OCC1c2ccccc2-c2ccccc21)[C@@H](CCCC)C(=O)O. The molecule has 1 amide bonds. The molecule has 1 N–H and O–H groups in total. The van der Waals surface area contributed by atoms with Gasteiger partial charge in [0.05, 0.1) is 0 Å². The van der Waals surface area contributed by atoms with E-state index in [1.807, 2.05) is 31.2 Å². The van der Waals surface area contributed by atoms with Crippen LogP contribution < -0.4 is 0 Å². The molecule has 1 aliphatic rings. The summed E-state index contributed by atoms with van der Waals surface area (Å²) < 4.78 is 5.64. The van der Waals surface area contributed by atoms with Crippen LogP contribution in [0.2, 0.25) is 0 Å². The van der Waals surface area contributed by atoms with Crippen LogP contribution in [0, 0.1) is 0 Å². The molecular weight excluding hydrogens is 366 g/mol. The van der Waals surface area contributed by atoms with Gasteiger partial charge < -0.3 is 9.84 Å². The Bertz CT molecular complexity index is 846. The number of rotatable bonds is 9. The third-order valence-electron chi connectivity index (χ3n) is 5.39. The summed E-state index contributed by atoms with van der Waals surface area (Å²) in [5.41, 5.74) is 4.55. The Labute approximate surface area is 171 Å². The van der Waals surface area contributed by atoms with Gasteiger partial charge in [0.2, 0.25) is 0 Å².